The lowest BCUT2D eigenvalue weighted by Gasteiger charge is -2.39. The van der Waals surface area contributed by atoms with Gasteiger partial charge in [-0.05, 0) is 81.9 Å². The number of nitrogens with one attached hydrogen (secondary N) is 2. The second-order valence-corrected chi connectivity index (χ2v) is 10.8. The summed E-state index contributed by atoms with van der Waals surface area (Å²) in [5, 5.41) is 5.01. The SMILES string of the molecule is NC1(CC(=O)NC(CCCN2CCCC2)c2ccc(Cl)cc2)CCN(c2ncnc3[nH]ccc23)CC1. The zero-order chi connectivity index (χ0) is 25.0. The van der Waals surface area contributed by atoms with Gasteiger partial charge in [-0.25, -0.2) is 9.97 Å². The summed E-state index contributed by atoms with van der Waals surface area (Å²) in [5.41, 5.74) is 8.16. The van der Waals surface area contributed by atoms with Crippen molar-refractivity contribution in [3.05, 3.63) is 53.4 Å². The molecule has 4 heterocycles. The number of likely N-dealkylation sites (tertiary alicyclic amines) is 1. The van der Waals surface area contributed by atoms with Crippen LogP contribution in [0.1, 0.15) is 56.6 Å². The van der Waals surface area contributed by atoms with E-state index in [9.17, 15) is 4.79 Å². The van der Waals surface area contributed by atoms with Gasteiger partial charge in [0.05, 0.1) is 11.4 Å². The molecule has 1 atom stereocenters. The highest BCUT2D eigenvalue weighted by Crippen LogP contribution is 2.30. The van der Waals surface area contributed by atoms with Crippen LogP contribution in [0.5, 0.6) is 0 Å². The molecule has 0 radical (unpaired) electrons. The average molecular weight is 510 g/mol. The Bertz CT molecular complexity index is 1150. The second kappa shape index (κ2) is 11.2. The first-order valence-electron chi connectivity index (χ1n) is 13.1. The molecule has 9 heteroatoms. The topological polar surface area (TPSA) is 103 Å². The molecule has 2 saturated heterocycles. The first kappa shape index (κ1) is 25.0. The summed E-state index contributed by atoms with van der Waals surface area (Å²) < 4.78 is 0. The van der Waals surface area contributed by atoms with Crippen molar-refractivity contribution < 1.29 is 4.79 Å². The molecule has 0 saturated carbocycles. The Labute approximate surface area is 217 Å². The molecule has 3 aromatic rings. The van der Waals surface area contributed by atoms with Gasteiger partial charge in [-0.15, -0.1) is 0 Å². The van der Waals surface area contributed by atoms with Crippen LogP contribution in [-0.4, -0.2) is 64.0 Å². The molecule has 0 aliphatic carbocycles. The molecule has 192 valence electrons. The van der Waals surface area contributed by atoms with Crippen molar-refractivity contribution in [2.45, 2.75) is 56.5 Å². The van der Waals surface area contributed by atoms with E-state index in [1.807, 2.05) is 36.5 Å². The maximum Gasteiger partial charge on any atom is 0.222 e. The molecule has 36 heavy (non-hydrogen) atoms. The van der Waals surface area contributed by atoms with Crippen molar-refractivity contribution in [3.8, 4) is 0 Å². The van der Waals surface area contributed by atoms with Gasteiger partial charge in [0.25, 0.3) is 0 Å². The molecule has 0 bridgehead atoms. The standard InChI is InChI=1S/C27H36ClN7O/c28-21-7-5-20(6-8-21)23(4-3-15-34-13-1-2-14-34)33-24(36)18-27(29)10-16-35(17-11-27)26-22-9-12-30-25(22)31-19-32-26/h5-9,12,19,23H,1-4,10-11,13-18,29H2,(H,33,36)(H,30,31,32). The summed E-state index contributed by atoms with van der Waals surface area (Å²) in [6.45, 7) is 4.98. The third kappa shape index (κ3) is 5.99. The van der Waals surface area contributed by atoms with Gasteiger partial charge in [0.2, 0.25) is 5.91 Å². The van der Waals surface area contributed by atoms with Gasteiger partial charge in [-0.1, -0.05) is 23.7 Å². The van der Waals surface area contributed by atoms with E-state index in [4.69, 9.17) is 17.3 Å². The zero-order valence-corrected chi connectivity index (χ0v) is 21.5. The molecular formula is C27H36ClN7O. The second-order valence-electron chi connectivity index (χ2n) is 10.3. The number of H-pyrrole nitrogens is 1. The predicted octanol–water partition coefficient (Wildman–Crippen LogP) is 4.03. The number of anilines is 1. The fourth-order valence-electron chi connectivity index (χ4n) is 5.56. The maximum absolute atomic E-state index is 13.2. The number of benzene rings is 1. The van der Waals surface area contributed by atoms with Gasteiger partial charge < -0.3 is 25.8 Å². The number of carbonyl (C=O) groups excluding carboxylic acids is 1. The van der Waals surface area contributed by atoms with Crippen molar-refractivity contribution in [1.82, 2.24) is 25.2 Å². The van der Waals surface area contributed by atoms with Crippen molar-refractivity contribution >= 4 is 34.4 Å². The Morgan fingerprint density at radius 2 is 1.86 bits per heavy atom. The molecule has 2 aliphatic rings. The summed E-state index contributed by atoms with van der Waals surface area (Å²) in [7, 11) is 0. The van der Waals surface area contributed by atoms with Gasteiger partial charge in [0, 0.05) is 36.3 Å². The Morgan fingerprint density at radius 1 is 1.11 bits per heavy atom. The summed E-state index contributed by atoms with van der Waals surface area (Å²) in [6, 6.07) is 9.79. The largest absolute Gasteiger partial charge is 0.356 e. The molecule has 1 aromatic carbocycles. The van der Waals surface area contributed by atoms with E-state index >= 15 is 0 Å². The quantitative estimate of drug-likeness (QED) is 0.402. The normalized spacial score (nSPS) is 19.0. The Morgan fingerprint density at radius 3 is 2.61 bits per heavy atom. The number of rotatable bonds is 9. The van der Waals surface area contributed by atoms with Gasteiger partial charge >= 0.3 is 0 Å². The van der Waals surface area contributed by atoms with Crippen LogP contribution in [0.3, 0.4) is 0 Å². The minimum Gasteiger partial charge on any atom is -0.356 e. The summed E-state index contributed by atoms with van der Waals surface area (Å²) in [6.07, 6.45) is 9.78. The maximum atomic E-state index is 13.2. The summed E-state index contributed by atoms with van der Waals surface area (Å²) in [4.78, 5) is 29.9. The zero-order valence-electron chi connectivity index (χ0n) is 20.8. The molecule has 2 aromatic heterocycles. The lowest BCUT2D eigenvalue weighted by molar-refractivity contribution is -0.123. The van der Waals surface area contributed by atoms with E-state index in [-0.39, 0.29) is 11.9 Å². The fourth-order valence-corrected chi connectivity index (χ4v) is 5.68. The lowest BCUT2D eigenvalue weighted by atomic mass is 9.85. The predicted molar refractivity (Wildman–Crippen MR) is 144 cm³/mol. The van der Waals surface area contributed by atoms with Crippen LogP contribution in [0.2, 0.25) is 5.02 Å². The number of carbonyl (C=O) groups is 1. The number of nitrogens with two attached hydrogens (primary N) is 1. The molecule has 8 nitrogen and oxygen atoms in total. The van der Waals surface area contributed by atoms with Gasteiger partial charge in [0.1, 0.15) is 17.8 Å². The van der Waals surface area contributed by atoms with E-state index < -0.39 is 5.54 Å². The first-order chi connectivity index (χ1) is 17.5. The van der Waals surface area contributed by atoms with Crippen molar-refractivity contribution in [3.63, 3.8) is 0 Å². The van der Waals surface area contributed by atoms with Crippen LogP contribution in [-0.2, 0) is 4.79 Å². The Hall–Kier alpha value is -2.68. The number of hydrogen-bond acceptors (Lipinski definition) is 6. The summed E-state index contributed by atoms with van der Waals surface area (Å²) in [5.74, 6) is 0.940. The van der Waals surface area contributed by atoms with Crippen molar-refractivity contribution in [1.29, 1.82) is 0 Å². The van der Waals surface area contributed by atoms with Crippen LogP contribution in [0.25, 0.3) is 11.0 Å². The van der Waals surface area contributed by atoms with Crippen LogP contribution in [0.15, 0.2) is 42.9 Å². The highest BCUT2D eigenvalue weighted by atomic mass is 35.5. The van der Waals surface area contributed by atoms with Crippen LogP contribution in [0, 0.1) is 0 Å². The van der Waals surface area contributed by atoms with E-state index in [1.165, 1.54) is 25.9 Å². The molecule has 1 amide bonds. The number of fused-ring (bicyclic) bond motifs is 1. The van der Waals surface area contributed by atoms with Gasteiger partial charge in [0.15, 0.2) is 0 Å². The van der Waals surface area contributed by atoms with Crippen LogP contribution >= 0.6 is 11.6 Å². The number of aromatic nitrogens is 3. The third-order valence-electron chi connectivity index (χ3n) is 7.68. The molecule has 0 spiro atoms. The van der Waals surface area contributed by atoms with E-state index in [2.05, 4.69) is 30.1 Å². The fraction of sp³-hybridized carbons (Fsp3) is 0.519. The number of nitrogens with zero attached hydrogens (tertiary/aromatic N) is 4. The number of piperidine rings is 1. The van der Waals surface area contributed by atoms with E-state index in [1.54, 1.807) is 6.33 Å². The van der Waals surface area contributed by atoms with Crippen molar-refractivity contribution in [2.24, 2.45) is 5.73 Å². The highest BCUT2D eigenvalue weighted by Gasteiger charge is 2.34. The third-order valence-corrected chi connectivity index (χ3v) is 7.93. The number of aromatic amines is 1. The van der Waals surface area contributed by atoms with Gasteiger partial charge in [-0.3, -0.25) is 4.79 Å². The number of amides is 1. The minimum atomic E-state index is -0.523. The number of halogens is 1. The minimum absolute atomic E-state index is 0.0159. The molecule has 2 fully saturated rings. The highest BCUT2D eigenvalue weighted by molar-refractivity contribution is 6.30. The van der Waals surface area contributed by atoms with E-state index in [0.717, 1.165) is 67.7 Å². The van der Waals surface area contributed by atoms with Crippen molar-refractivity contribution in [2.75, 3.05) is 37.6 Å². The average Bonchev–Trinajstić information content (AvgIpc) is 3.56. The monoisotopic (exact) mass is 509 g/mol. The molecular weight excluding hydrogens is 474 g/mol. The summed E-state index contributed by atoms with van der Waals surface area (Å²) >= 11 is 6.12. The Kier molecular flexibility index (Phi) is 7.74. The van der Waals surface area contributed by atoms with E-state index in [0.29, 0.717) is 11.4 Å². The first-order valence-corrected chi connectivity index (χ1v) is 13.5. The smallest absolute Gasteiger partial charge is 0.222 e. The van der Waals surface area contributed by atoms with Crippen LogP contribution in [0.4, 0.5) is 5.82 Å². The molecule has 1 unspecified atom stereocenters. The van der Waals surface area contributed by atoms with Crippen LogP contribution < -0.4 is 16.0 Å². The molecule has 5 rings (SSSR count). The molecule has 4 N–H and O–H groups in total. The van der Waals surface area contributed by atoms with Gasteiger partial charge in [-0.2, -0.15) is 0 Å². The lowest BCUT2D eigenvalue weighted by Crippen LogP contribution is -2.53. The Balaban J connectivity index is 1.18. The number of hydrogen-bond donors (Lipinski definition) is 3. The molecule has 2 aliphatic heterocycles.